The van der Waals surface area contributed by atoms with Crippen molar-refractivity contribution in [3.63, 3.8) is 0 Å². The summed E-state index contributed by atoms with van der Waals surface area (Å²) in [6.07, 6.45) is 0.906. The number of halogens is 2. The lowest BCUT2D eigenvalue weighted by atomic mass is 10.0. The molecule has 1 aromatic carbocycles. The van der Waals surface area contributed by atoms with Gasteiger partial charge in [-0.3, -0.25) is 0 Å². The van der Waals surface area contributed by atoms with Gasteiger partial charge < -0.3 is 10.1 Å². The highest BCUT2D eigenvalue weighted by atomic mass is 79.9. The molecule has 0 bridgehead atoms. The van der Waals surface area contributed by atoms with Crippen LogP contribution in [0.15, 0.2) is 38.6 Å². The Morgan fingerprint density at radius 3 is 2.65 bits per heavy atom. The van der Waals surface area contributed by atoms with E-state index in [2.05, 4.69) is 61.6 Å². The first kappa shape index (κ1) is 16.0. The van der Waals surface area contributed by atoms with E-state index in [1.165, 1.54) is 10.4 Å². The van der Waals surface area contributed by atoms with E-state index in [1.807, 2.05) is 12.1 Å². The highest BCUT2D eigenvalue weighted by Crippen LogP contribution is 2.31. The van der Waals surface area contributed by atoms with Gasteiger partial charge >= 0.3 is 0 Å². The predicted molar refractivity (Wildman–Crippen MR) is 92.8 cm³/mol. The van der Waals surface area contributed by atoms with Gasteiger partial charge in [0.15, 0.2) is 0 Å². The van der Waals surface area contributed by atoms with Crippen LogP contribution in [0.4, 0.5) is 0 Å². The minimum Gasteiger partial charge on any atom is -0.496 e. The minimum absolute atomic E-state index is 0.305. The van der Waals surface area contributed by atoms with Crippen molar-refractivity contribution in [2.45, 2.75) is 19.4 Å². The van der Waals surface area contributed by atoms with E-state index in [0.717, 1.165) is 27.7 Å². The third-order valence-corrected chi connectivity index (χ3v) is 5.35. The second kappa shape index (κ2) is 7.59. The molecule has 1 unspecified atom stereocenters. The number of likely N-dealkylation sites (N-methyl/N-ethyl adjacent to an activating group) is 1. The highest BCUT2D eigenvalue weighted by molar-refractivity contribution is 9.10. The number of hydrogen-bond acceptors (Lipinski definition) is 3. The van der Waals surface area contributed by atoms with E-state index in [4.69, 9.17) is 4.74 Å². The SMILES string of the molecule is CCNC(Cc1cc(Br)ccc1OC)c1cc(Br)cs1. The zero-order valence-electron chi connectivity index (χ0n) is 11.5. The largest absolute Gasteiger partial charge is 0.496 e. The fraction of sp³-hybridized carbons (Fsp3) is 0.333. The second-order valence-corrected chi connectivity index (χ2v) is 7.21. The van der Waals surface area contributed by atoms with Crippen LogP contribution < -0.4 is 10.1 Å². The van der Waals surface area contributed by atoms with Gasteiger partial charge in [0.1, 0.15) is 5.75 Å². The lowest BCUT2D eigenvalue weighted by Crippen LogP contribution is -2.22. The van der Waals surface area contributed by atoms with Gasteiger partial charge in [-0.25, -0.2) is 0 Å². The Hall–Kier alpha value is -0.360. The van der Waals surface area contributed by atoms with Crippen molar-refractivity contribution in [3.8, 4) is 5.75 Å². The molecule has 20 heavy (non-hydrogen) atoms. The highest BCUT2D eigenvalue weighted by Gasteiger charge is 2.16. The molecule has 1 atom stereocenters. The molecule has 0 saturated heterocycles. The van der Waals surface area contributed by atoms with Gasteiger partial charge in [0.05, 0.1) is 7.11 Å². The van der Waals surface area contributed by atoms with Crippen LogP contribution in [0, 0.1) is 0 Å². The molecular formula is C15H17Br2NOS. The average molecular weight is 419 g/mol. The molecule has 0 radical (unpaired) electrons. The van der Waals surface area contributed by atoms with E-state index in [-0.39, 0.29) is 0 Å². The number of thiophene rings is 1. The van der Waals surface area contributed by atoms with Crippen molar-refractivity contribution in [3.05, 3.63) is 49.0 Å². The van der Waals surface area contributed by atoms with Gasteiger partial charge in [0.25, 0.3) is 0 Å². The van der Waals surface area contributed by atoms with Crippen LogP contribution in [0.5, 0.6) is 5.75 Å². The monoisotopic (exact) mass is 417 g/mol. The Balaban J connectivity index is 2.26. The van der Waals surface area contributed by atoms with Gasteiger partial charge in [0.2, 0.25) is 0 Å². The summed E-state index contributed by atoms with van der Waals surface area (Å²) in [5, 5.41) is 5.67. The standard InChI is InChI=1S/C15H17Br2NOS/c1-3-18-13(15-8-12(17)9-20-15)7-10-6-11(16)4-5-14(10)19-2/h4-6,8-9,13,18H,3,7H2,1-2H3. The van der Waals surface area contributed by atoms with E-state index < -0.39 is 0 Å². The number of rotatable bonds is 6. The van der Waals surface area contributed by atoms with Crippen molar-refractivity contribution in [1.82, 2.24) is 5.32 Å². The Bertz CT molecular complexity index is 571. The first-order valence-electron chi connectivity index (χ1n) is 6.43. The lowest BCUT2D eigenvalue weighted by Gasteiger charge is -2.18. The average Bonchev–Trinajstić information content (AvgIpc) is 2.85. The Kier molecular flexibility index (Phi) is 6.08. The summed E-state index contributed by atoms with van der Waals surface area (Å²) in [6, 6.07) is 8.63. The molecule has 108 valence electrons. The van der Waals surface area contributed by atoms with Crippen molar-refractivity contribution < 1.29 is 4.74 Å². The van der Waals surface area contributed by atoms with E-state index in [1.54, 1.807) is 18.4 Å². The maximum atomic E-state index is 5.47. The predicted octanol–water partition coefficient (Wildman–Crippen LogP) is 5.18. The van der Waals surface area contributed by atoms with Crippen LogP contribution in [-0.4, -0.2) is 13.7 Å². The number of benzene rings is 1. The molecule has 2 nitrogen and oxygen atoms in total. The lowest BCUT2D eigenvalue weighted by molar-refractivity contribution is 0.406. The molecule has 1 aromatic heterocycles. The minimum atomic E-state index is 0.305. The third-order valence-electron chi connectivity index (χ3n) is 3.05. The first-order chi connectivity index (χ1) is 9.63. The molecule has 0 aliphatic heterocycles. The third kappa shape index (κ3) is 4.07. The van der Waals surface area contributed by atoms with Crippen LogP contribution in [-0.2, 0) is 6.42 Å². The summed E-state index contributed by atoms with van der Waals surface area (Å²) < 4.78 is 7.69. The second-order valence-electron chi connectivity index (χ2n) is 4.44. The molecule has 1 heterocycles. The van der Waals surface area contributed by atoms with Crippen LogP contribution in [0.2, 0.25) is 0 Å². The molecule has 2 rings (SSSR count). The van der Waals surface area contributed by atoms with Crippen molar-refractivity contribution >= 4 is 43.2 Å². The fourth-order valence-electron chi connectivity index (χ4n) is 2.16. The van der Waals surface area contributed by atoms with E-state index in [9.17, 15) is 0 Å². The molecule has 0 amide bonds. The van der Waals surface area contributed by atoms with Gasteiger partial charge in [-0.2, -0.15) is 0 Å². The van der Waals surface area contributed by atoms with Gasteiger partial charge in [0, 0.05) is 25.2 Å². The van der Waals surface area contributed by atoms with Gasteiger partial charge in [-0.1, -0.05) is 22.9 Å². The van der Waals surface area contributed by atoms with Crippen molar-refractivity contribution in [1.29, 1.82) is 0 Å². The molecule has 1 N–H and O–H groups in total. The maximum Gasteiger partial charge on any atom is 0.122 e. The number of hydrogen-bond donors (Lipinski definition) is 1. The molecular weight excluding hydrogens is 402 g/mol. The molecule has 5 heteroatoms. The number of nitrogens with one attached hydrogen (secondary N) is 1. The van der Waals surface area contributed by atoms with Crippen LogP contribution in [0.1, 0.15) is 23.4 Å². The number of ether oxygens (including phenoxy) is 1. The van der Waals surface area contributed by atoms with Gasteiger partial charge in [-0.15, -0.1) is 11.3 Å². The Morgan fingerprint density at radius 2 is 2.05 bits per heavy atom. The molecule has 0 saturated carbocycles. The summed E-state index contributed by atoms with van der Waals surface area (Å²) in [7, 11) is 1.72. The number of methoxy groups -OCH3 is 1. The fourth-order valence-corrected chi connectivity index (χ4v) is 4.09. The van der Waals surface area contributed by atoms with Crippen LogP contribution in [0.25, 0.3) is 0 Å². The van der Waals surface area contributed by atoms with Crippen LogP contribution in [0.3, 0.4) is 0 Å². The summed E-state index contributed by atoms with van der Waals surface area (Å²) in [5.41, 5.74) is 1.21. The summed E-state index contributed by atoms with van der Waals surface area (Å²) in [5.74, 6) is 0.937. The molecule has 2 aromatic rings. The Morgan fingerprint density at radius 1 is 1.25 bits per heavy atom. The topological polar surface area (TPSA) is 21.3 Å². The normalized spacial score (nSPS) is 12.4. The molecule has 0 aliphatic rings. The zero-order chi connectivity index (χ0) is 14.5. The van der Waals surface area contributed by atoms with Gasteiger partial charge in [-0.05, 0) is 58.7 Å². The molecule has 0 fully saturated rings. The quantitative estimate of drug-likeness (QED) is 0.698. The molecule has 0 spiro atoms. The van der Waals surface area contributed by atoms with E-state index in [0.29, 0.717) is 6.04 Å². The summed E-state index contributed by atoms with van der Waals surface area (Å²) in [6.45, 7) is 3.07. The van der Waals surface area contributed by atoms with Crippen LogP contribution >= 0.6 is 43.2 Å². The van der Waals surface area contributed by atoms with Crippen molar-refractivity contribution in [2.75, 3.05) is 13.7 Å². The smallest absolute Gasteiger partial charge is 0.122 e. The van der Waals surface area contributed by atoms with E-state index >= 15 is 0 Å². The maximum absolute atomic E-state index is 5.47. The molecule has 0 aliphatic carbocycles. The Labute approximate surface area is 140 Å². The summed E-state index contributed by atoms with van der Waals surface area (Å²) >= 11 is 8.83. The van der Waals surface area contributed by atoms with Crippen molar-refractivity contribution in [2.24, 2.45) is 0 Å². The zero-order valence-corrected chi connectivity index (χ0v) is 15.4. The summed E-state index contributed by atoms with van der Waals surface area (Å²) in [4.78, 5) is 1.33. The first-order valence-corrected chi connectivity index (χ1v) is 8.90.